The second kappa shape index (κ2) is 3.59. The lowest BCUT2D eigenvalue weighted by Gasteiger charge is -2.03. The van der Waals surface area contributed by atoms with Crippen LogP contribution < -0.4 is 5.73 Å². The van der Waals surface area contributed by atoms with E-state index in [2.05, 4.69) is 33.4 Å². The Morgan fingerprint density at radius 1 is 1.18 bits per heavy atom. The van der Waals surface area contributed by atoms with Gasteiger partial charge in [0, 0.05) is 28.9 Å². The Hall–Kier alpha value is -2.36. The van der Waals surface area contributed by atoms with Crippen molar-refractivity contribution in [3.63, 3.8) is 0 Å². The number of rotatable bonds is 1. The van der Waals surface area contributed by atoms with E-state index in [9.17, 15) is 0 Å². The summed E-state index contributed by atoms with van der Waals surface area (Å²) in [5.74, 6) is 0.503. The summed E-state index contributed by atoms with van der Waals surface area (Å²) in [7, 11) is 0. The highest BCUT2D eigenvalue weighted by Crippen LogP contribution is 2.24. The van der Waals surface area contributed by atoms with Crippen molar-refractivity contribution in [2.75, 3.05) is 5.73 Å². The number of anilines is 1. The van der Waals surface area contributed by atoms with Gasteiger partial charge >= 0.3 is 0 Å². The molecule has 1 aromatic carbocycles. The molecule has 4 nitrogen and oxygen atoms in total. The average Bonchev–Trinajstić information content (AvgIpc) is 2.76. The number of aromatic nitrogens is 3. The van der Waals surface area contributed by atoms with Gasteiger partial charge in [-0.15, -0.1) is 0 Å². The molecule has 3 N–H and O–H groups in total. The first-order valence-corrected chi connectivity index (χ1v) is 5.41. The summed E-state index contributed by atoms with van der Waals surface area (Å²) in [4.78, 5) is 4.30. The Bertz CT molecular complexity index is 685. The molecule has 0 saturated heterocycles. The molecular weight excluding hydrogens is 212 g/mol. The first-order chi connectivity index (χ1) is 8.24. The van der Waals surface area contributed by atoms with E-state index in [0.717, 1.165) is 22.3 Å². The third-order valence-electron chi connectivity index (χ3n) is 2.87. The number of hydrogen-bond donors (Lipinski definition) is 2. The molecule has 0 aliphatic carbocycles. The molecule has 0 unspecified atom stereocenters. The van der Waals surface area contributed by atoms with Crippen molar-refractivity contribution < 1.29 is 0 Å². The second-order valence-electron chi connectivity index (χ2n) is 4.04. The number of nitrogens with zero attached hydrogens (tertiary/aromatic N) is 2. The third-order valence-corrected chi connectivity index (χ3v) is 2.87. The maximum atomic E-state index is 5.60. The monoisotopic (exact) mass is 224 g/mol. The van der Waals surface area contributed by atoms with Gasteiger partial charge in [0.1, 0.15) is 5.82 Å². The lowest BCUT2D eigenvalue weighted by molar-refractivity contribution is 1.10. The molecule has 0 aliphatic rings. The minimum absolute atomic E-state index is 0.503. The fourth-order valence-corrected chi connectivity index (χ4v) is 1.97. The molecule has 0 amide bonds. The Morgan fingerprint density at radius 3 is 2.82 bits per heavy atom. The molecular formula is C13H12N4. The van der Waals surface area contributed by atoms with Gasteiger partial charge in [-0.05, 0) is 24.4 Å². The van der Waals surface area contributed by atoms with E-state index in [-0.39, 0.29) is 0 Å². The van der Waals surface area contributed by atoms with Crippen LogP contribution in [0.5, 0.6) is 0 Å². The van der Waals surface area contributed by atoms with E-state index in [1.807, 2.05) is 25.3 Å². The minimum Gasteiger partial charge on any atom is -0.382 e. The summed E-state index contributed by atoms with van der Waals surface area (Å²) in [6.07, 6.45) is 1.82. The zero-order valence-electron chi connectivity index (χ0n) is 9.44. The molecule has 17 heavy (non-hydrogen) atoms. The van der Waals surface area contributed by atoms with E-state index in [0.29, 0.717) is 5.82 Å². The fourth-order valence-electron chi connectivity index (χ4n) is 1.97. The Morgan fingerprint density at radius 2 is 2.06 bits per heavy atom. The van der Waals surface area contributed by atoms with Crippen molar-refractivity contribution in [1.29, 1.82) is 0 Å². The van der Waals surface area contributed by atoms with E-state index < -0.39 is 0 Å². The summed E-state index contributed by atoms with van der Waals surface area (Å²) in [5.41, 5.74) is 8.62. The number of nitrogen functional groups attached to an aromatic ring is 1. The van der Waals surface area contributed by atoms with Gasteiger partial charge in [0.25, 0.3) is 0 Å². The first kappa shape index (κ1) is 9.84. The van der Waals surface area contributed by atoms with Gasteiger partial charge in [0.05, 0.1) is 5.69 Å². The quantitative estimate of drug-likeness (QED) is 0.667. The highest BCUT2D eigenvalue weighted by Gasteiger charge is 2.04. The minimum atomic E-state index is 0.503. The molecule has 0 aliphatic heterocycles. The third kappa shape index (κ3) is 1.63. The number of nitrogens with two attached hydrogens (primary N) is 1. The maximum absolute atomic E-state index is 5.60. The number of fused-ring (bicyclic) bond motifs is 1. The zero-order chi connectivity index (χ0) is 11.8. The van der Waals surface area contributed by atoms with Gasteiger partial charge in [0.2, 0.25) is 0 Å². The largest absolute Gasteiger partial charge is 0.382 e. The molecule has 3 rings (SSSR count). The van der Waals surface area contributed by atoms with E-state index >= 15 is 0 Å². The SMILES string of the molecule is Cc1nccc2ccc(-c3cc(N)n[nH]3)cc12. The smallest absolute Gasteiger partial charge is 0.145 e. The van der Waals surface area contributed by atoms with Crippen LogP contribution in [-0.4, -0.2) is 15.2 Å². The van der Waals surface area contributed by atoms with Gasteiger partial charge in [0.15, 0.2) is 0 Å². The maximum Gasteiger partial charge on any atom is 0.145 e. The van der Waals surface area contributed by atoms with Crippen molar-refractivity contribution >= 4 is 16.6 Å². The van der Waals surface area contributed by atoms with Crippen LogP contribution in [0.1, 0.15) is 5.69 Å². The van der Waals surface area contributed by atoms with E-state index in [1.165, 1.54) is 5.39 Å². The van der Waals surface area contributed by atoms with E-state index in [4.69, 9.17) is 5.73 Å². The molecule has 84 valence electrons. The number of aryl methyl sites for hydroxylation is 1. The standard InChI is InChI=1S/C13H12N4/c1-8-11-6-10(12-7-13(14)17-16-12)3-2-9(11)4-5-15-8/h2-7H,1H3,(H3,14,16,17). The van der Waals surface area contributed by atoms with Crippen LogP contribution in [0.25, 0.3) is 22.0 Å². The topological polar surface area (TPSA) is 67.6 Å². The summed E-state index contributed by atoms with van der Waals surface area (Å²) in [6.45, 7) is 2.01. The van der Waals surface area contributed by atoms with Gasteiger partial charge in [-0.2, -0.15) is 5.10 Å². The van der Waals surface area contributed by atoms with Crippen LogP contribution in [0.2, 0.25) is 0 Å². The first-order valence-electron chi connectivity index (χ1n) is 5.41. The lowest BCUT2D eigenvalue weighted by atomic mass is 10.0. The second-order valence-corrected chi connectivity index (χ2v) is 4.04. The molecule has 2 heterocycles. The van der Waals surface area contributed by atoms with Crippen molar-refractivity contribution in [2.45, 2.75) is 6.92 Å². The Kier molecular flexibility index (Phi) is 2.08. The Labute approximate surface area is 98.5 Å². The zero-order valence-corrected chi connectivity index (χ0v) is 9.44. The summed E-state index contributed by atoms with van der Waals surface area (Å²) >= 11 is 0. The molecule has 0 spiro atoms. The van der Waals surface area contributed by atoms with Crippen molar-refractivity contribution in [2.24, 2.45) is 0 Å². The van der Waals surface area contributed by atoms with Gasteiger partial charge in [-0.25, -0.2) is 0 Å². The van der Waals surface area contributed by atoms with Crippen molar-refractivity contribution in [3.8, 4) is 11.3 Å². The molecule has 4 heteroatoms. The molecule has 0 atom stereocenters. The van der Waals surface area contributed by atoms with Crippen LogP contribution in [0.4, 0.5) is 5.82 Å². The van der Waals surface area contributed by atoms with Gasteiger partial charge in [-0.3, -0.25) is 10.1 Å². The van der Waals surface area contributed by atoms with Gasteiger partial charge < -0.3 is 5.73 Å². The molecule has 0 saturated carbocycles. The predicted octanol–water partition coefficient (Wildman–Crippen LogP) is 2.52. The summed E-state index contributed by atoms with van der Waals surface area (Å²) in [6, 6.07) is 10.1. The fraction of sp³-hybridized carbons (Fsp3) is 0.0769. The van der Waals surface area contributed by atoms with Crippen LogP contribution in [0.3, 0.4) is 0 Å². The van der Waals surface area contributed by atoms with Crippen molar-refractivity contribution in [3.05, 3.63) is 42.2 Å². The number of hydrogen-bond acceptors (Lipinski definition) is 3. The molecule has 0 fully saturated rings. The highest BCUT2D eigenvalue weighted by molar-refractivity contribution is 5.88. The van der Waals surface area contributed by atoms with Gasteiger partial charge in [-0.1, -0.05) is 12.1 Å². The molecule has 3 aromatic rings. The molecule has 0 bridgehead atoms. The van der Waals surface area contributed by atoms with E-state index in [1.54, 1.807) is 0 Å². The van der Waals surface area contributed by atoms with Crippen LogP contribution in [0, 0.1) is 6.92 Å². The van der Waals surface area contributed by atoms with Crippen molar-refractivity contribution in [1.82, 2.24) is 15.2 Å². The normalized spacial score (nSPS) is 10.9. The number of H-pyrrole nitrogens is 1. The number of benzene rings is 1. The average molecular weight is 224 g/mol. The predicted molar refractivity (Wildman–Crippen MR) is 68.5 cm³/mol. The number of pyridine rings is 1. The highest BCUT2D eigenvalue weighted by atomic mass is 15.2. The van der Waals surface area contributed by atoms with Crippen LogP contribution in [-0.2, 0) is 0 Å². The lowest BCUT2D eigenvalue weighted by Crippen LogP contribution is -1.85. The Balaban J connectivity index is 2.22. The van der Waals surface area contributed by atoms with Crippen LogP contribution >= 0.6 is 0 Å². The molecule has 0 radical (unpaired) electrons. The summed E-state index contributed by atoms with van der Waals surface area (Å²) < 4.78 is 0. The summed E-state index contributed by atoms with van der Waals surface area (Å²) in [5, 5.41) is 9.18. The van der Waals surface area contributed by atoms with Crippen LogP contribution in [0.15, 0.2) is 36.5 Å². The number of nitrogens with one attached hydrogen (secondary N) is 1. The molecule has 2 aromatic heterocycles. The number of aromatic amines is 1.